The van der Waals surface area contributed by atoms with Gasteiger partial charge in [0.15, 0.2) is 0 Å². The van der Waals surface area contributed by atoms with Gasteiger partial charge in [-0.1, -0.05) is 44.7 Å². The molecule has 0 aliphatic carbocycles. The summed E-state index contributed by atoms with van der Waals surface area (Å²) in [6, 6.07) is 0. The second kappa shape index (κ2) is 10.4. The van der Waals surface area contributed by atoms with Gasteiger partial charge in [-0.2, -0.15) is 0 Å². The van der Waals surface area contributed by atoms with E-state index in [4.69, 9.17) is 24.4 Å². The molecule has 0 atom stereocenters. The summed E-state index contributed by atoms with van der Waals surface area (Å²) in [6.07, 6.45) is 3.49. The Balaban J connectivity index is 3.86. The molecule has 0 bridgehead atoms. The average Bonchev–Trinajstić information content (AvgIpc) is 2.32. The highest BCUT2D eigenvalue weighted by atomic mass is 33.1. The van der Waals surface area contributed by atoms with E-state index in [1.54, 1.807) is 21.6 Å². The molecule has 17 heavy (non-hydrogen) atoms. The fraction of sp³-hybridized carbons (Fsp3) is 0.818. The van der Waals surface area contributed by atoms with E-state index in [0.29, 0.717) is 0 Å². The Morgan fingerprint density at radius 3 is 1.76 bits per heavy atom. The smallest absolute Gasteiger partial charge is 0.147 e. The van der Waals surface area contributed by atoms with Crippen molar-refractivity contribution >= 4 is 54.7 Å². The zero-order valence-corrected chi connectivity index (χ0v) is 14.3. The Morgan fingerprint density at radius 1 is 0.882 bits per heavy atom. The van der Waals surface area contributed by atoms with Gasteiger partial charge in [0.2, 0.25) is 0 Å². The largest absolute Gasteiger partial charge is 0.360 e. The third-order valence-corrected chi connectivity index (χ3v) is 6.16. The summed E-state index contributed by atoms with van der Waals surface area (Å²) in [7, 11) is 7.25. The van der Waals surface area contributed by atoms with Crippen LogP contribution in [0.3, 0.4) is 0 Å². The van der Waals surface area contributed by atoms with Crippen molar-refractivity contribution < 1.29 is 0 Å². The maximum Gasteiger partial charge on any atom is 0.147 e. The summed E-state index contributed by atoms with van der Waals surface area (Å²) in [5.74, 6) is 0. The summed E-state index contributed by atoms with van der Waals surface area (Å²) in [5.41, 5.74) is 0. The predicted molar refractivity (Wildman–Crippen MR) is 90.8 cm³/mol. The van der Waals surface area contributed by atoms with Crippen molar-refractivity contribution in [1.29, 1.82) is 0 Å². The van der Waals surface area contributed by atoms with Crippen LogP contribution >= 0.6 is 46.0 Å². The van der Waals surface area contributed by atoms with E-state index in [1.165, 1.54) is 12.8 Å². The summed E-state index contributed by atoms with van der Waals surface area (Å²) in [5, 5.41) is 0. The fourth-order valence-corrected chi connectivity index (χ4v) is 3.68. The first-order chi connectivity index (χ1) is 8.02. The van der Waals surface area contributed by atoms with Crippen molar-refractivity contribution in [3.8, 4) is 0 Å². The van der Waals surface area contributed by atoms with Crippen molar-refractivity contribution in [1.82, 2.24) is 9.80 Å². The highest BCUT2D eigenvalue weighted by Gasteiger charge is 2.09. The molecule has 0 spiro atoms. The molecule has 0 saturated carbocycles. The van der Waals surface area contributed by atoms with Crippen LogP contribution in [0.4, 0.5) is 0 Å². The number of hydrogen-bond acceptors (Lipinski definition) is 4. The van der Waals surface area contributed by atoms with Crippen molar-refractivity contribution in [2.75, 3.05) is 27.2 Å². The topological polar surface area (TPSA) is 6.48 Å². The lowest BCUT2D eigenvalue weighted by Crippen LogP contribution is -2.25. The Kier molecular flexibility index (Phi) is 10.7. The molecule has 0 unspecified atom stereocenters. The van der Waals surface area contributed by atoms with Crippen molar-refractivity contribution in [2.24, 2.45) is 0 Å². The van der Waals surface area contributed by atoms with E-state index in [-0.39, 0.29) is 0 Å². The van der Waals surface area contributed by atoms with Crippen molar-refractivity contribution in [3.05, 3.63) is 0 Å². The molecule has 0 aliphatic rings. The minimum absolute atomic E-state index is 0.906. The lowest BCUT2D eigenvalue weighted by Gasteiger charge is -2.21. The first kappa shape index (κ1) is 17.5. The number of nitrogens with zero attached hydrogens (tertiary/aromatic N) is 2. The first-order valence-corrected chi connectivity index (χ1v) is 8.84. The van der Waals surface area contributed by atoms with E-state index in [9.17, 15) is 0 Å². The Hall–Kier alpha value is 0.480. The molecule has 0 N–H and O–H groups in total. The number of hydrogen-bond donors (Lipinski definition) is 0. The average molecular weight is 311 g/mol. The standard InChI is InChI=1S/C11H22N2S4/c1-5-7-9-13(4)11(15)17-16-10(14)12(3)8-6-2/h5-9H2,1-4H3. The van der Waals surface area contributed by atoms with Gasteiger partial charge in [0.05, 0.1) is 0 Å². The van der Waals surface area contributed by atoms with Gasteiger partial charge in [-0.15, -0.1) is 0 Å². The molecule has 0 aromatic rings. The SMILES string of the molecule is CCCCN(C)C(=S)SSC(=S)N(C)CCC. The van der Waals surface area contributed by atoms with Gasteiger partial charge >= 0.3 is 0 Å². The van der Waals surface area contributed by atoms with Gasteiger partial charge in [-0.05, 0) is 34.4 Å². The third-order valence-electron chi connectivity index (χ3n) is 2.21. The van der Waals surface area contributed by atoms with Crippen LogP contribution in [0, 0.1) is 0 Å². The molecule has 0 fully saturated rings. The molecule has 0 radical (unpaired) electrons. The van der Waals surface area contributed by atoms with Crippen LogP contribution in [-0.4, -0.2) is 45.6 Å². The van der Waals surface area contributed by atoms with Crippen LogP contribution in [0.5, 0.6) is 0 Å². The summed E-state index contributed by atoms with van der Waals surface area (Å²) < 4.78 is 1.82. The fourth-order valence-electron chi connectivity index (χ4n) is 1.11. The molecule has 0 heterocycles. The van der Waals surface area contributed by atoms with Crippen LogP contribution in [0.15, 0.2) is 0 Å². The van der Waals surface area contributed by atoms with E-state index < -0.39 is 0 Å². The second-order valence-corrected chi connectivity index (χ2v) is 7.29. The number of unbranched alkanes of at least 4 members (excludes halogenated alkanes) is 1. The summed E-state index contributed by atoms with van der Waals surface area (Å²) in [4.78, 5) is 4.22. The first-order valence-electron chi connectivity index (χ1n) is 5.87. The normalized spacial score (nSPS) is 10.1. The van der Waals surface area contributed by atoms with E-state index in [0.717, 1.165) is 28.2 Å². The molecule has 2 nitrogen and oxygen atoms in total. The quantitative estimate of drug-likeness (QED) is 0.555. The van der Waals surface area contributed by atoms with Crippen LogP contribution in [0.1, 0.15) is 33.1 Å². The Morgan fingerprint density at radius 2 is 1.35 bits per heavy atom. The molecule has 0 aromatic carbocycles. The molecule has 0 aromatic heterocycles. The van der Waals surface area contributed by atoms with Gasteiger partial charge in [0, 0.05) is 27.2 Å². The van der Waals surface area contributed by atoms with Gasteiger partial charge in [-0.25, -0.2) is 0 Å². The molecule has 0 saturated heterocycles. The van der Waals surface area contributed by atoms with Crippen molar-refractivity contribution in [2.45, 2.75) is 33.1 Å². The van der Waals surface area contributed by atoms with Gasteiger partial charge in [0.25, 0.3) is 0 Å². The van der Waals surface area contributed by atoms with Gasteiger partial charge < -0.3 is 9.80 Å². The molecular weight excluding hydrogens is 288 g/mol. The minimum atomic E-state index is 0.906. The lowest BCUT2D eigenvalue weighted by molar-refractivity contribution is 0.500. The molecule has 0 aliphatic heterocycles. The van der Waals surface area contributed by atoms with E-state index >= 15 is 0 Å². The van der Waals surface area contributed by atoms with Crippen LogP contribution in [0.25, 0.3) is 0 Å². The Labute approximate surface area is 124 Å². The summed E-state index contributed by atoms with van der Waals surface area (Å²) in [6.45, 7) is 6.37. The molecular formula is C11H22N2S4. The zero-order chi connectivity index (χ0) is 13.3. The minimum Gasteiger partial charge on any atom is -0.360 e. The number of thiocarbonyl (C=S) groups is 2. The maximum atomic E-state index is 5.35. The second-order valence-electron chi connectivity index (χ2n) is 3.90. The van der Waals surface area contributed by atoms with Crippen LogP contribution in [-0.2, 0) is 0 Å². The monoisotopic (exact) mass is 310 g/mol. The zero-order valence-electron chi connectivity index (χ0n) is 11.1. The highest BCUT2D eigenvalue weighted by molar-refractivity contribution is 8.89. The highest BCUT2D eigenvalue weighted by Crippen LogP contribution is 2.27. The van der Waals surface area contributed by atoms with E-state index in [2.05, 4.69) is 23.6 Å². The van der Waals surface area contributed by atoms with E-state index in [1.807, 2.05) is 14.1 Å². The number of rotatable bonds is 5. The molecule has 0 amide bonds. The molecule has 100 valence electrons. The van der Waals surface area contributed by atoms with Crippen LogP contribution in [0.2, 0.25) is 0 Å². The predicted octanol–water partition coefficient (Wildman–Crippen LogP) is 4.01. The third kappa shape index (κ3) is 8.24. The van der Waals surface area contributed by atoms with Crippen LogP contribution < -0.4 is 0 Å². The molecule has 6 heteroatoms. The molecule has 0 rings (SSSR count). The summed E-state index contributed by atoms with van der Waals surface area (Å²) >= 11 is 10.7. The maximum absolute atomic E-state index is 5.35. The lowest BCUT2D eigenvalue weighted by atomic mass is 10.3. The van der Waals surface area contributed by atoms with Gasteiger partial charge in [-0.3, -0.25) is 0 Å². The Bertz CT molecular complexity index is 246. The van der Waals surface area contributed by atoms with Crippen molar-refractivity contribution in [3.63, 3.8) is 0 Å². The van der Waals surface area contributed by atoms with Gasteiger partial charge in [0.1, 0.15) is 8.64 Å².